The van der Waals surface area contributed by atoms with Gasteiger partial charge < -0.3 is 9.47 Å². The average molecular weight is 771 g/mol. The minimum atomic E-state index is 0.110. The molecule has 2 unspecified atom stereocenters. The van der Waals surface area contributed by atoms with Gasteiger partial charge in [-0.2, -0.15) is 0 Å². The van der Waals surface area contributed by atoms with Crippen molar-refractivity contribution in [2.24, 2.45) is 0 Å². The van der Waals surface area contributed by atoms with E-state index in [4.69, 9.17) is 0 Å². The van der Waals surface area contributed by atoms with E-state index in [-0.39, 0.29) is 12.0 Å². The van der Waals surface area contributed by atoms with Gasteiger partial charge in [0, 0.05) is 33.8 Å². The van der Waals surface area contributed by atoms with Crippen molar-refractivity contribution >= 4 is 28.4 Å². The van der Waals surface area contributed by atoms with Crippen LogP contribution in [0.5, 0.6) is 0 Å². The van der Waals surface area contributed by atoms with E-state index in [0.717, 1.165) is 6.42 Å². The van der Waals surface area contributed by atoms with E-state index in [0.29, 0.717) is 0 Å². The molecule has 0 saturated carbocycles. The fourth-order valence-corrected chi connectivity index (χ4v) is 9.92. The lowest BCUT2D eigenvalue weighted by atomic mass is 9.82. The highest BCUT2D eigenvalue weighted by Crippen LogP contribution is 2.55. The molecule has 2 heteroatoms. The molecule has 2 atom stereocenters. The molecule has 2 aliphatic rings. The quantitative estimate of drug-likeness (QED) is 0.142. The van der Waals surface area contributed by atoms with Crippen molar-refractivity contribution in [2.45, 2.75) is 38.1 Å². The number of hydrogen-bond acceptors (Lipinski definition) is 1. The fraction of sp³-hybridized carbons (Fsp3) is 0.103. The van der Waals surface area contributed by atoms with Crippen LogP contribution in [0, 0.1) is 0 Å². The van der Waals surface area contributed by atoms with Crippen LogP contribution in [0.2, 0.25) is 0 Å². The number of hydrogen-bond donors (Lipinski definition) is 0. The number of benzene rings is 8. The summed E-state index contributed by atoms with van der Waals surface area (Å²) >= 11 is 0. The number of rotatable bonds is 9. The largest absolute Gasteiger partial charge is 0.333 e. The van der Waals surface area contributed by atoms with Crippen molar-refractivity contribution in [3.05, 3.63) is 229 Å². The molecule has 1 aromatic heterocycles. The van der Waals surface area contributed by atoms with Gasteiger partial charge in [0.05, 0.1) is 22.9 Å². The lowest BCUT2D eigenvalue weighted by Crippen LogP contribution is -2.31. The van der Waals surface area contributed by atoms with Crippen LogP contribution < -0.4 is 4.90 Å². The number of nitrogens with zero attached hydrogens (tertiary/aromatic N) is 2. The summed E-state index contributed by atoms with van der Waals surface area (Å²) in [6.07, 6.45) is 8.33. The van der Waals surface area contributed by atoms with Crippen LogP contribution in [0.1, 0.15) is 48.1 Å². The normalized spacial score (nSPS) is 15.2. The topological polar surface area (TPSA) is 8.17 Å². The molecule has 2 nitrogen and oxygen atoms in total. The van der Waals surface area contributed by atoms with Crippen LogP contribution in [0.3, 0.4) is 0 Å². The Morgan fingerprint density at radius 3 is 1.73 bits per heavy atom. The highest BCUT2D eigenvalue weighted by Gasteiger charge is 2.44. The average Bonchev–Trinajstić information content (AvgIpc) is 3.84. The van der Waals surface area contributed by atoms with Gasteiger partial charge in [-0.1, -0.05) is 189 Å². The van der Waals surface area contributed by atoms with Gasteiger partial charge in [-0.3, -0.25) is 0 Å². The fourth-order valence-electron chi connectivity index (χ4n) is 9.92. The number of anilines is 2. The minimum Gasteiger partial charge on any atom is -0.333 e. The summed E-state index contributed by atoms with van der Waals surface area (Å²) in [6, 6.07) is 74.0. The van der Waals surface area contributed by atoms with E-state index in [9.17, 15) is 0 Å². The van der Waals surface area contributed by atoms with E-state index in [1.807, 2.05) is 0 Å². The van der Waals surface area contributed by atoms with Gasteiger partial charge in [-0.25, -0.2) is 0 Å². The predicted molar refractivity (Wildman–Crippen MR) is 253 cm³/mol. The zero-order valence-electron chi connectivity index (χ0n) is 33.9. The molecule has 11 rings (SSSR count). The first-order valence-electron chi connectivity index (χ1n) is 21.5. The van der Waals surface area contributed by atoms with E-state index < -0.39 is 0 Å². The molecule has 2 heterocycles. The van der Waals surface area contributed by atoms with Crippen molar-refractivity contribution in [3.8, 4) is 50.2 Å². The smallest absolute Gasteiger partial charge is 0.0637 e. The Labute approximate surface area is 353 Å². The Morgan fingerprint density at radius 1 is 0.467 bits per heavy atom. The Balaban J connectivity index is 1.05. The molecule has 0 radical (unpaired) electrons. The second-order valence-corrected chi connectivity index (χ2v) is 16.3. The first-order valence-corrected chi connectivity index (χ1v) is 21.5. The van der Waals surface area contributed by atoms with Crippen molar-refractivity contribution in [2.75, 3.05) is 4.90 Å². The molecule has 0 saturated heterocycles. The lowest BCUT2D eigenvalue weighted by molar-refractivity contribution is 0.725. The van der Waals surface area contributed by atoms with Gasteiger partial charge in [-0.05, 0) is 99.3 Å². The summed E-state index contributed by atoms with van der Waals surface area (Å²) < 4.78 is 2.52. The molecule has 9 aromatic rings. The molecule has 8 aromatic carbocycles. The molecule has 1 aliphatic heterocycles. The third-order valence-electron chi connectivity index (χ3n) is 12.8. The molecule has 60 heavy (non-hydrogen) atoms. The van der Waals surface area contributed by atoms with E-state index >= 15 is 0 Å². The number of para-hydroxylation sites is 3. The molecule has 0 N–H and O–H groups in total. The molecular formula is C58H46N2. The second kappa shape index (κ2) is 15.2. The minimum absolute atomic E-state index is 0.110. The van der Waals surface area contributed by atoms with Gasteiger partial charge >= 0.3 is 0 Å². The molecule has 288 valence electrons. The van der Waals surface area contributed by atoms with E-state index in [2.05, 4.69) is 229 Å². The highest BCUT2D eigenvalue weighted by atomic mass is 15.2. The Morgan fingerprint density at radius 2 is 1.03 bits per heavy atom. The lowest BCUT2D eigenvalue weighted by Gasteiger charge is -2.33. The summed E-state index contributed by atoms with van der Waals surface area (Å²) in [4.78, 5) is 2.64. The van der Waals surface area contributed by atoms with E-state index in [1.165, 1.54) is 108 Å². The van der Waals surface area contributed by atoms with Crippen LogP contribution in [0.25, 0.3) is 67.2 Å². The summed E-state index contributed by atoms with van der Waals surface area (Å²) in [7, 11) is 0. The molecular weight excluding hydrogens is 725 g/mol. The van der Waals surface area contributed by atoms with Crippen molar-refractivity contribution in [1.29, 1.82) is 0 Å². The summed E-state index contributed by atoms with van der Waals surface area (Å²) in [5.74, 6) is 0.151. The number of aryl methyl sites for hydroxylation is 1. The first-order chi connectivity index (χ1) is 29.7. The van der Waals surface area contributed by atoms with E-state index in [1.54, 1.807) is 0 Å². The van der Waals surface area contributed by atoms with Gasteiger partial charge in [0.25, 0.3) is 0 Å². The van der Waals surface area contributed by atoms with Crippen molar-refractivity contribution < 1.29 is 0 Å². The van der Waals surface area contributed by atoms with Crippen LogP contribution >= 0.6 is 0 Å². The van der Waals surface area contributed by atoms with Crippen LogP contribution in [0.4, 0.5) is 11.4 Å². The third-order valence-corrected chi connectivity index (χ3v) is 12.8. The van der Waals surface area contributed by atoms with Gasteiger partial charge in [-0.15, -0.1) is 0 Å². The molecule has 0 amide bonds. The molecule has 0 bridgehead atoms. The number of aromatic nitrogens is 1. The predicted octanol–water partition coefficient (Wildman–Crippen LogP) is 15.3. The van der Waals surface area contributed by atoms with Crippen LogP contribution in [-0.2, 0) is 6.42 Å². The maximum absolute atomic E-state index is 2.64. The summed E-state index contributed by atoms with van der Waals surface area (Å²) in [5, 5.41) is 1.31. The maximum Gasteiger partial charge on any atom is 0.0637 e. The third kappa shape index (κ3) is 6.10. The summed E-state index contributed by atoms with van der Waals surface area (Å²) in [6.45, 7) is 2.28. The molecule has 0 spiro atoms. The molecule has 1 aliphatic carbocycles. The molecule has 0 fully saturated rings. The Bertz CT molecular complexity index is 3010. The van der Waals surface area contributed by atoms with Crippen LogP contribution in [-0.4, -0.2) is 10.6 Å². The standard InChI is InChI=1S/C58H46N2/c1-2-3-16-40-27-36-54(50(39-40)46-34-30-44(31-35-46)42-19-8-5-9-20-42)60-53-26-15-12-23-49(53)58-56(60)38-37-55-57(58)48-22-11-14-25-52(48)59(55)51-24-13-10-21-47(51)45-32-28-43(29-33-45)41-17-6-4-7-18-41/h4-15,17-39,56,58H,2-3,16H2,1H3. The zero-order chi connectivity index (χ0) is 40.0. The van der Waals surface area contributed by atoms with Gasteiger partial charge in [0.2, 0.25) is 0 Å². The number of unbranched alkanes of at least 4 members (excludes halogenated alkanes) is 1. The Kier molecular flexibility index (Phi) is 9.12. The Hall–Kier alpha value is -7.16. The van der Waals surface area contributed by atoms with Crippen LogP contribution in [0.15, 0.2) is 206 Å². The van der Waals surface area contributed by atoms with Gasteiger partial charge in [0.1, 0.15) is 0 Å². The maximum atomic E-state index is 2.64. The number of fused-ring (bicyclic) bond motifs is 7. The van der Waals surface area contributed by atoms with Crippen molar-refractivity contribution in [1.82, 2.24) is 4.57 Å². The monoisotopic (exact) mass is 770 g/mol. The highest BCUT2D eigenvalue weighted by molar-refractivity contribution is 5.97. The first kappa shape index (κ1) is 36.0. The second-order valence-electron chi connectivity index (χ2n) is 16.3. The van der Waals surface area contributed by atoms with Crippen molar-refractivity contribution in [3.63, 3.8) is 0 Å². The van der Waals surface area contributed by atoms with Gasteiger partial charge in [0.15, 0.2) is 0 Å². The summed E-state index contributed by atoms with van der Waals surface area (Å²) in [5.41, 5.74) is 20.3. The zero-order valence-corrected chi connectivity index (χ0v) is 33.9. The SMILES string of the molecule is CCCCc1ccc(N2c3ccccc3C3c4c(n(-c5ccccc5-c5ccc(-c6ccccc6)cc5)c5ccccc45)C=CC32)c(-c2ccc(-c3ccccc3)cc2)c1.